The Kier molecular flexibility index (Phi) is 8.53. The van der Waals surface area contributed by atoms with Gasteiger partial charge in [0.25, 0.3) is 10.0 Å². The van der Waals surface area contributed by atoms with Crippen molar-refractivity contribution in [2.75, 3.05) is 10.8 Å². The van der Waals surface area contributed by atoms with Crippen molar-refractivity contribution < 1.29 is 26.4 Å². The van der Waals surface area contributed by atoms with Gasteiger partial charge in [0.15, 0.2) is 0 Å². The van der Waals surface area contributed by atoms with Crippen molar-refractivity contribution in [3.63, 3.8) is 0 Å². The van der Waals surface area contributed by atoms with Crippen LogP contribution in [0.2, 0.25) is 5.02 Å². The number of nitrogens with one attached hydrogen (secondary N) is 1. The van der Waals surface area contributed by atoms with Crippen LogP contribution in [0.1, 0.15) is 56.0 Å². The van der Waals surface area contributed by atoms with Crippen molar-refractivity contribution in [2.24, 2.45) is 0 Å². The number of hydrogen-bond acceptors (Lipinski definition) is 3. The van der Waals surface area contributed by atoms with Gasteiger partial charge >= 0.3 is 6.18 Å². The lowest BCUT2D eigenvalue weighted by Crippen LogP contribution is -2.41. The number of aryl methyl sites for hydroxylation is 1. The van der Waals surface area contributed by atoms with Crippen LogP contribution in [0.5, 0.6) is 0 Å². The monoisotopic (exact) mass is 566 g/mol. The third-order valence-electron chi connectivity index (χ3n) is 6.09. The molecule has 0 saturated carbocycles. The highest BCUT2D eigenvalue weighted by molar-refractivity contribution is 7.92. The molecule has 0 aliphatic heterocycles. The lowest BCUT2D eigenvalue weighted by atomic mass is 9.86. The third-order valence-corrected chi connectivity index (χ3v) is 8.21. The summed E-state index contributed by atoms with van der Waals surface area (Å²) in [5.41, 5.74) is 1.12. The van der Waals surface area contributed by atoms with Gasteiger partial charge in [-0.2, -0.15) is 13.2 Å². The normalized spacial score (nSPS) is 13.2. The van der Waals surface area contributed by atoms with E-state index in [9.17, 15) is 26.4 Å². The average Bonchev–Trinajstić information content (AvgIpc) is 2.82. The summed E-state index contributed by atoms with van der Waals surface area (Å²) >= 11 is 5.75. The first-order valence-corrected chi connectivity index (χ1v) is 13.7. The summed E-state index contributed by atoms with van der Waals surface area (Å²) in [4.78, 5) is 12.9. The van der Waals surface area contributed by atoms with Crippen LogP contribution in [0.15, 0.2) is 71.6 Å². The van der Waals surface area contributed by atoms with Gasteiger partial charge in [0, 0.05) is 0 Å². The number of hydrogen-bond donors (Lipinski definition) is 1. The van der Waals surface area contributed by atoms with Gasteiger partial charge in [0.1, 0.15) is 6.54 Å². The maximum absolute atomic E-state index is 13.5. The molecule has 0 unspecified atom stereocenters. The van der Waals surface area contributed by atoms with Gasteiger partial charge in [0.05, 0.1) is 27.2 Å². The first-order valence-electron chi connectivity index (χ1n) is 11.9. The second-order valence-corrected chi connectivity index (χ2v) is 12.4. The van der Waals surface area contributed by atoms with Crippen LogP contribution in [0.4, 0.5) is 18.9 Å². The molecule has 1 atom stereocenters. The average molecular weight is 567 g/mol. The van der Waals surface area contributed by atoms with Gasteiger partial charge in [-0.1, -0.05) is 74.3 Å². The van der Waals surface area contributed by atoms with E-state index in [4.69, 9.17) is 11.6 Å². The Morgan fingerprint density at radius 1 is 0.974 bits per heavy atom. The molecular formula is C28H30ClF3N2O3S. The molecule has 0 aliphatic rings. The van der Waals surface area contributed by atoms with Crippen LogP contribution in [0.25, 0.3) is 0 Å². The second-order valence-electron chi connectivity index (χ2n) is 10.1. The van der Waals surface area contributed by atoms with Crippen LogP contribution in [0.3, 0.4) is 0 Å². The number of carbonyl (C=O) groups excluding carboxylic acids is 1. The number of alkyl halides is 3. The lowest BCUT2D eigenvalue weighted by molar-refractivity contribution is -0.137. The molecule has 0 bridgehead atoms. The molecule has 204 valence electrons. The topological polar surface area (TPSA) is 66.5 Å². The maximum Gasteiger partial charge on any atom is 0.417 e. The minimum absolute atomic E-state index is 0.0519. The fourth-order valence-electron chi connectivity index (χ4n) is 3.81. The molecule has 0 radical (unpaired) electrons. The van der Waals surface area contributed by atoms with Crippen molar-refractivity contribution in [1.82, 2.24) is 5.32 Å². The molecule has 0 saturated heterocycles. The number of anilines is 1. The number of rotatable bonds is 7. The van der Waals surface area contributed by atoms with E-state index in [1.54, 1.807) is 26.0 Å². The van der Waals surface area contributed by atoms with Gasteiger partial charge < -0.3 is 5.32 Å². The van der Waals surface area contributed by atoms with E-state index in [0.29, 0.717) is 10.4 Å². The minimum Gasteiger partial charge on any atom is -0.348 e. The first-order chi connectivity index (χ1) is 17.5. The maximum atomic E-state index is 13.5. The molecule has 1 N–H and O–H groups in total. The van der Waals surface area contributed by atoms with Crippen LogP contribution < -0.4 is 9.62 Å². The van der Waals surface area contributed by atoms with E-state index in [2.05, 4.69) is 26.1 Å². The molecule has 3 aromatic rings. The Morgan fingerprint density at radius 2 is 1.55 bits per heavy atom. The lowest BCUT2D eigenvalue weighted by Gasteiger charge is -2.26. The summed E-state index contributed by atoms with van der Waals surface area (Å²) < 4.78 is 68.4. The summed E-state index contributed by atoms with van der Waals surface area (Å²) in [6, 6.07) is 15.8. The molecule has 10 heteroatoms. The molecule has 1 amide bonds. The zero-order chi connectivity index (χ0) is 28.5. The fraction of sp³-hybridized carbons (Fsp3) is 0.321. The summed E-state index contributed by atoms with van der Waals surface area (Å²) in [7, 11) is -4.40. The van der Waals surface area contributed by atoms with Crippen molar-refractivity contribution in [3.8, 4) is 0 Å². The molecule has 38 heavy (non-hydrogen) atoms. The van der Waals surface area contributed by atoms with Crippen LogP contribution in [0, 0.1) is 6.92 Å². The number of benzene rings is 3. The molecule has 0 heterocycles. The smallest absolute Gasteiger partial charge is 0.348 e. The quantitative estimate of drug-likeness (QED) is 0.334. The van der Waals surface area contributed by atoms with Crippen molar-refractivity contribution in [3.05, 3.63) is 94.0 Å². The van der Waals surface area contributed by atoms with Crippen LogP contribution in [-0.4, -0.2) is 20.9 Å². The Balaban J connectivity index is 1.95. The molecular weight excluding hydrogens is 537 g/mol. The molecule has 3 aromatic carbocycles. The highest BCUT2D eigenvalue weighted by Crippen LogP contribution is 2.38. The second kappa shape index (κ2) is 11.0. The van der Waals surface area contributed by atoms with Crippen LogP contribution in [-0.2, 0) is 26.4 Å². The standard InChI is InChI=1S/C28H30ClF3N2O3S/c1-18-6-13-23(14-7-18)38(36,37)34(22-12-15-25(29)24(16-22)28(30,31)32)17-26(35)33-19(2)20-8-10-21(11-9-20)27(3,4)5/h6-16,19H,17H2,1-5H3,(H,33,35)/t19-/m1/s1. The largest absolute Gasteiger partial charge is 0.417 e. The van der Waals surface area contributed by atoms with E-state index in [1.807, 2.05) is 24.3 Å². The van der Waals surface area contributed by atoms with E-state index in [-0.39, 0.29) is 16.0 Å². The predicted octanol–water partition coefficient (Wildman–Crippen LogP) is 7.04. The Labute approximate surface area is 226 Å². The SMILES string of the molecule is Cc1ccc(S(=O)(=O)N(CC(=O)N[C@H](C)c2ccc(C(C)(C)C)cc2)c2ccc(Cl)c(C(F)(F)F)c2)cc1. The van der Waals surface area contributed by atoms with Crippen molar-refractivity contribution in [1.29, 1.82) is 0 Å². The number of amides is 1. The van der Waals surface area contributed by atoms with E-state index < -0.39 is 45.3 Å². The van der Waals surface area contributed by atoms with Crippen molar-refractivity contribution >= 4 is 33.2 Å². The number of nitrogens with zero attached hydrogens (tertiary/aromatic N) is 1. The highest BCUT2D eigenvalue weighted by Gasteiger charge is 2.35. The minimum atomic E-state index is -4.82. The number of halogens is 4. The van der Waals surface area contributed by atoms with Gasteiger partial charge in [-0.3, -0.25) is 9.10 Å². The molecule has 0 spiro atoms. The zero-order valence-corrected chi connectivity index (χ0v) is 23.3. The molecule has 0 aromatic heterocycles. The summed E-state index contributed by atoms with van der Waals surface area (Å²) in [5.74, 6) is -0.684. The summed E-state index contributed by atoms with van der Waals surface area (Å²) in [5, 5.41) is 2.17. The van der Waals surface area contributed by atoms with Gasteiger partial charge in [0.2, 0.25) is 5.91 Å². The molecule has 3 rings (SSSR count). The number of carbonyl (C=O) groups is 1. The molecule has 0 fully saturated rings. The van der Waals surface area contributed by atoms with Crippen molar-refractivity contribution in [2.45, 2.75) is 57.1 Å². The summed E-state index contributed by atoms with van der Waals surface area (Å²) in [6.07, 6.45) is -4.82. The van der Waals surface area contributed by atoms with Gasteiger partial charge in [-0.15, -0.1) is 0 Å². The van der Waals surface area contributed by atoms with Gasteiger partial charge in [-0.05, 0) is 60.7 Å². The predicted molar refractivity (Wildman–Crippen MR) is 144 cm³/mol. The Morgan fingerprint density at radius 3 is 2.08 bits per heavy atom. The Bertz CT molecular complexity index is 1400. The van der Waals surface area contributed by atoms with E-state index >= 15 is 0 Å². The highest BCUT2D eigenvalue weighted by atomic mass is 35.5. The Hall–Kier alpha value is -3.04. The summed E-state index contributed by atoms with van der Waals surface area (Å²) in [6.45, 7) is 9.02. The molecule has 0 aliphatic carbocycles. The van der Waals surface area contributed by atoms with Gasteiger partial charge in [-0.25, -0.2) is 8.42 Å². The fourth-order valence-corrected chi connectivity index (χ4v) is 5.45. The first kappa shape index (κ1) is 29.5. The third kappa shape index (κ3) is 6.88. The zero-order valence-electron chi connectivity index (χ0n) is 21.7. The van der Waals surface area contributed by atoms with E-state index in [0.717, 1.165) is 28.8 Å². The number of sulfonamides is 1. The van der Waals surface area contributed by atoms with Crippen LogP contribution >= 0.6 is 11.6 Å². The molecule has 5 nitrogen and oxygen atoms in total. The van der Waals surface area contributed by atoms with E-state index in [1.165, 1.54) is 12.1 Å².